The lowest BCUT2D eigenvalue weighted by atomic mass is 10.1. The van der Waals surface area contributed by atoms with Crippen molar-refractivity contribution >= 4 is 43.0 Å². The number of pyridine rings is 1. The topological polar surface area (TPSA) is 75.5 Å². The molecule has 0 atom stereocenters. The fourth-order valence-electron chi connectivity index (χ4n) is 3.26. The third-order valence-corrected chi connectivity index (χ3v) is 6.77. The van der Waals surface area contributed by atoms with Crippen molar-refractivity contribution in [3.63, 3.8) is 0 Å². The standard InChI is InChI=1S/C23H23BrN4O2S/c1-23(2,3)27-31(29,30)20-8-4-6-16(14-20)21-9-5-7-19-15-22(26-28(19)21)25-18-12-10-17(24)11-13-18/h4-15,27H,1-3H3,(H,25,26). The highest BCUT2D eigenvalue weighted by molar-refractivity contribution is 9.10. The molecule has 0 spiro atoms. The molecule has 2 aromatic heterocycles. The van der Waals surface area contributed by atoms with Gasteiger partial charge in [0.15, 0.2) is 5.82 Å². The first-order valence-electron chi connectivity index (χ1n) is 9.77. The third kappa shape index (κ3) is 4.98. The number of hydrogen-bond donors (Lipinski definition) is 2. The monoisotopic (exact) mass is 498 g/mol. The van der Waals surface area contributed by atoms with Gasteiger partial charge in [0.25, 0.3) is 0 Å². The molecule has 2 heterocycles. The molecule has 0 aliphatic carbocycles. The summed E-state index contributed by atoms with van der Waals surface area (Å²) in [5.74, 6) is 0.702. The van der Waals surface area contributed by atoms with Gasteiger partial charge in [-0.25, -0.2) is 17.7 Å². The Balaban J connectivity index is 1.72. The van der Waals surface area contributed by atoms with Crippen molar-refractivity contribution in [3.8, 4) is 11.3 Å². The van der Waals surface area contributed by atoms with E-state index in [0.717, 1.165) is 26.9 Å². The minimum atomic E-state index is -3.64. The second kappa shape index (κ2) is 8.11. The zero-order chi connectivity index (χ0) is 22.2. The molecular formula is C23H23BrN4O2S. The molecule has 0 saturated heterocycles. The number of aromatic nitrogens is 2. The Morgan fingerprint density at radius 2 is 1.65 bits per heavy atom. The number of nitrogens with one attached hydrogen (secondary N) is 2. The van der Waals surface area contributed by atoms with Gasteiger partial charge in [0, 0.05) is 27.3 Å². The molecule has 4 rings (SSSR count). The lowest BCUT2D eigenvalue weighted by Gasteiger charge is -2.20. The van der Waals surface area contributed by atoms with Crippen LogP contribution in [0.4, 0.5) is 11.5 Å². The Morgan fingerprint density at radius 3 is 2.35 bits per heavy atom. The zero-order valence-electron chi connectivity index (χ0n) is 17.4. The summed E-state index contributed by atoms with van der Waals surface area (Å²) in [6.07, 6.45) is 0. The van der Waals surface area contributed by atoms with E-state index >= 15 is 0 Å². The highest BCUT2D eigenvalue weighted by atomic mass is 79.9. The normalized spacial score (nSPS) is 12.3. The van der Waals surface area contributed by atoms with Gasteiger partial charge in [0.05, 0.1) is 16.1 Å². The summed E-state index contributed by atoms with van der Waals surface area (Å²) in [6, 6.07) is 22.5. The first-order chi connectivity index (χ1) is 14.6. The fraction of sp³-hybridized carbons (Fsp3) is 0.174. The summed E-state index contributed by atoms with van der Waals surface area (Å²) < 4.78 is 31.1. The van der Waals surface area contributed by atoms with Gasteiger partial charge < -0.3 is 5.32 Å². The van der Waals surface area contributed by atoms with E-state index in [9.17, 15) is 8.42 Å². The van der Waals surface area contributed by atoms with E-state index < -0.39 is 15.6 Å². The Hall–Kier alpha value is -2.68. The van der Waals surface area contributed by atoms with E-state index in [1.807, 2.05) is 79.9 Å². The SMILES string of the molecule is CC(C)(C)NS(=O)(=O)c1cccc(-c2cccc3cc(Nc4ccc(Br)cc4)nn23)c1. The molecule has 2 N–H and O–H groups in total. The zero-order valence-corrected chi connectivity index (χ0v) is 19.8. The Kier molecular flexibility index (Phi) is 5.63. The maximum atomic E-state index is 12.8. The van der Waals surface area contributed by atoms with Crippen LogP contribution < -0.4 is 10.0 Å². The molecule has 8 heteroatoms. The van der Waals surface area contributed by atoms with E-state index in [1.54, 1.807) is 18.2 Å². The van der Waals surface area contributed by atoms with Gasteiger partial charge in [0.1, 0.15) is 0 Å². The van der Waals surface area contributed by atoms with Crippen molar-refractivity contribution < 1.29 is 8.42 Å². The molecule has 6 nitrogen and oxygen atoms in total. The van der Waals surface area contributed by atoms with Gasteiger partial charge in [0.2, 0.25) is 10.0 Å². The van der Waals surface area contributed by atoms with Crippen LogP contribution in [0.2, 0.25) is 0 Å². The van der Waals surface area contributed by atoms with Crippen LogP contribution in [0.3, 0.4) is 0 Å². The van der Waals surface area contributed by atoms with Crippen molar-refractivity contribution in [2.45, 2.75) is 31.2 Å². The molecule has 0 bridgehead atoms. The number of nitrogens with zero attached hydrogens (tertiary/aromatic N) is 2. The number of hydrogen-bond acceptors (Lipinski definition) is 4. The van der Waals surface area contributed by atoms with Crippen molar-refractivity contribution in [3.05, 3.63) is 77.3 Å². The van der Waals surface area contributed by atoms with Crippen LogP contribution in [-0.2, 0) is 10.0 Å². The van der Waals surface area contributed by atoms with Gasteiger partial charge in [-0.1, -0.05) is 34.1 Å². The van der Waals surface area contributed by atoms with E-state index in [0.29, 0.717) is 5.82 Å². The largest absolute Gasteiger partial charge is 0.339 e. The second-order valence-electron chi connectivity index (χ2n) is 8.29. The average Bonchev–Trinajstić information content (AvgIpc) is 3.10. The summed E-state index contributed by atoms with van der Waals surface area (Å²) in [7, 11) is -3.64. The third-order valence-electron chi connectivity index (χ3n) is 4.48. The van der Waals surface area contributed by atoms with Gasteiger partial charge in [-0.3, -0.25) is 0 Å². The Labute approximate surface area is 190 Å². The first kappa shape index (κ1) is 21.5. The van der Waals surface area contributed by atoms with Crippen LogP contribution in [0.15, 0.2) is 82.2 Å². The van der Waals surface area contributed by atoms with Crippen LogP contribution in [-0.4, -0.2) is 23.6 Å². The van der Waals surface area contributed by atoms with Gasteiger partial charge in [-0.2, -0.15) is 0 Å². The Bertz CT molecular complexity index is 1340. The van der Waals surface area contributed by atoms with Crippen LogP contribution in [0.25, 0.3) is 16.8 Å². The molecule has 31 heavy (non-hydrogen) atoms. The Morgan fingerprint density at radius 1 is 0.935 bits per heavy atom. The highest BCUT2D eigenvalue weighted by Crippen LogP contribution is 2.26. The number of anilines is 2. The first-order valence-corrected chi connectivity index (χ1v) is 12.0. The number of benzene rings is 2. The van der Waals surface area contributed by atoms with Crippen molar-refractivity contribution in [2.24, 2.45) is 0 Å². The molecule has 0 radical (unpaired) electrons. The van der Waals surface area contributed by atoms with Gasteiger partial charge in [-0.05, 0) is 69.3 Å². The van der Waals surface area contributed by atoms with Crippen LogP contribution >= 0.6 is 15.9 Å². The molecular weight excluding hydrogens is 476 g/mol. The molecule has 4 aromatic rings. The van der Waals surface area contributed by atoms with E-state index in [2.05, 4.69) is 31.1 Å². The molecule has 2 aromatic carbocycles. The minimum Gasteiger partial charge on any atom is -0.339 e. The number of rotatable bonds is 5. The lowest BCUT2D eigenvalue weighted by Crippen LogP contribution is -2.40. The lowest BCUT2D eigenvalue weighted by molar-refractivity contribution is 0.491. The quantitative estimate of drug-likeness (QED) is 0.376. The van der Waals surface area contributed by atoms with Crippen LogP contribution in [0, 0.1) is 0 Å². The number of sulfonamides is 1. The maximum absolute atomic E-state index is 12.8. The molecule has 0 unspecified atom stereocenters. The summed E-state index contributed by atoms with van der Waals surface area (Å²) in [6.45, 7) is 5.45. The van der Waals surface area contributed by atoms with E-state index in [1.165, 1.54) is 0 Å². The number of fused-ring (bicyclic) bond motifs is 1. The molecule has 0 saturated carbocycles. The molecule has 160 valence electrons. The molecule has 0 amide bonds. The summed E-state index contributed by atoms with van der Waals surface area (Å²) >= 11 is 3.44. The van der Waals surface area contributed by atoms with Gasteiger partial charge in [-0.15, -0.1) is 5.10 Å². The summed E-state index contributed by atoms with van der Waals surface area (Å²) in [4.78, 5) is 0.220. The minimum absolute atomic E-state index is 0.220. The highest BCUT2D eigenvalue weighted by Gasteiger charge is 2.22. The number of halogens is 1. The second-order valence-corrected chi connectivity index (χ2v) is 10.9. The predicted octanol–water partition coefficient (Wildman–Crippen LogP) is 5.58. The van der Waals surface area contributed by atoms with Gasteiger partial charge >= 0.3 is 0 Å². The van der Waals surface area contributed by atoms with Crippen molar-refractivity contribution in [1.29, 1.82) is 0 Å². The average molecular weight is 499 g/mol. The van der Waals surface area contributed by atoms with Crippen molar-refractivity contribution in [2.75, 3.05) is 5.32 Å². The predicted molar refractivity (Wildman–Crippen MR) is 128 cm³/mol. The fourth-order valence-corrected chi connectivity index (χ4v) is 4.99. The summed E-state index contributed by atoms with van der Waals surface area (Å²) in [5, 5.41) is 7.99. The summed E-state index contributed by atoms with van der Waals surface area (Å²) in [5.41, 5.74) is 2.83. The smallest absolute Gasteiger partial charge is 0.241 e. The maximum Gasteiger partial charge on any atom is 0.241 e. The molecule has 0 fully saturated rings. The van der Waals surface area contributed by atoms with Crippen LogP contribution in [0.5, 0.6) is 0 Å². The van der Waals surface area contributed by atoms with E-state index in [-0.39, 0.29) is 4.90 Å². The van der Waals surface area contributed by atoms with Crippen LogP contribution in [0.1, 0.15) is 20.8 Å². The molecule has 0 aliphatic heterocycles. The van der Waals surface area contributed by atoms with Crippen molar-refractivity contribution in [1.82, 2.24) is 14.3 Å². The van der Waals surface area contributed by atoms with E-state index in [4.69, 9.17) is 0 Å². The molecule has 0 aliphatic rings.